The van der Waals surface area contributed by atoms with Crippen LogP contribution in [0.25, 0.3) is 66.9 Å². The summed E-state index contributed by atoms with van der Waals surface area (Å²) >= 11 is 0. The Bertz CT molecular complexity index is 2670. The molecular weight excluding hydrogens is 676 g/mol. The molecule has 256 valence electrons. The van der Waals surface area contributed by atoms with Crippen molar-refractivity contribution in [2.24, 2.45) is 0 Å². The number of fused-ring (bicyclic) bond motifs is 1. The van der Waals surface area contributed by atoms with E-state index in [1.54, 1.807) is 0 Å². The molecule has 0 atom stereocenters. The predicted molar refractivity (Wildman–Crippen MR) is 226 cm³/mol. The fourth-order valence-electron chi connectivity index (χ4n) is 7.28. The van der Waals surface area contributed by atoms with E-state index >= 15 is 4.57 Å². The van der Waals surface area contributed by atoms with Gasteiger partial charge in [-0.05, 0) is 45.2 Å². The van der Waals surface area contributed by atoms with Crippen molar-refractivity contribution in [3.8, 4) is 56.2 Å². The summed E-state index contributed by atoms with van der Waals surface area (Å²) in [6, 6.07) is 72.1. The van der Waals surface area contributed by atoms with E-state index in [0.717, 1.165) is 77.0 Å². The minimum absolute atomic E-state index is 0.700. The summed E-state index contributed by atoms with van der Waals surface area (Å²) in [5, 5.41) is 4.76. The first-order valence-corrected chi connectivity index (χ1v) is 19.8. The second kappa shape index (κ2) is 14.4. The molecule has 0 aliphatic rings. The topological polar surface area (TPSA) is 42.9 Å². The largest absolute Gasteiger partial charge is 0.309 e. The van der Waals surface area contributed by atoms with E-state index in [1.165, 1.54) is 0 Å². The van der Waals surface area contributed by atoms with Gasteiger partial charge < -0.3 is 4.57 Å². The molecular formula is C50H35N2OP. The monoisotopic (exact) mass is 710 g/mol. The van der Waals surface area contributed by atoms with Crippen LogP contribution in [-0.2, 0) is 4.57 Å². The molecule has 1 heterocycles. The van der Waals surface area contributed by atoms with Crippen molar-refractivity contribution in [3.63, 3.8) is 0 Å². The maximum absolute atomic E-state index is 15.2. The number of nitrogens with zero attached hydrogens (tertiary/aromatic N) is 2. The van der Waals surface area contributed by atoms with Crippen LogP contribution in [0.15, 0.2) is 212 Å². The molecule has 9 rings (SSSR count). The van der Waals surface area contributed by atoms with Crippen molar-refractivity contribution in [2.75, 3.05) is 0 Å². The minimum Gasteiger partial charge on any atom is -0.309 e. The van der Waals surface area contributed by atoms with E-state index in [2.05, 4.69) is 91.0 Å². The van der Waals surface area contributed by atoms with E-state index in [9.17, 15) is 0 Å². The summed E-state index contributed by atoms with van der Waals surface area (Å²) in [5.74, 6) is 0.700. The van der Waals surface area contributed by atoms with Gasteiger partial charge >= 0.3 is 0 Å². The molecule has 54 heavy (non-hydrogen) atoms. The lowest BCUT2D eigenvalue weighted by atomic mass is 9.91. The van der Waals surface area contributed by atoms with Crippen LogP contribution in [-0.4, -0.2) is 9.97 Å². The zero-order valence-corrected chi connectivity index (χ0v) is 30.4. The van der Waals surface area contributed by atoms with Gasteiger partial charge in [-0.2, -0.15) is 0 Å². The molecule has 0 radical (unpaired) electrons. The third-order valence-electron chi connectivity index (χ3n) is 10.0. The Morgan fingerprint density at radius 3 is 1.28 bits per heavy atom. The fraction of sp³-hybridized carbons (Fsp3) is 0. The average Bonchev–Trinajstić information content (AvgIpc) is 3.27. The van der Waals surface area contributed by atoms with Crippen LogP contribution in [0.4, 0.5) is 0 Å². The molecule has 0 unspecified atom stereocenters. The minimum atomic E-state index is -3.12. The number of rotatable bonds is 8. The number of aromatic nitrogens is 2. The lowest BCUT2D eigenvalue weighted by molar-refractivity contribution is 0.592. The second-order valence-corrected chi connectivity index (χ2v) is 16.1. The normalized spacial score (nSPS) is 11.4. The zero-order chi connectivity index (χ0) is 36.3. The van der Waals surface area contributed by atoms with Crippen LogP contribution in [0.3, 0.4) is 0 Å². The SMILES string of the molecule is O=P(c1ccccc1)(c1ccccc1)c1cccc(-c2ccc(-c3ccc(-c4cc(-c5ccccc5)nc(-c5ccccc5)n4)cc3)c3ccccc23)c1. The zero-order valence-electron chi connectivity index (χ0n) is 29.5. The standard InChI is InChI=1S/C50H35N2OP/c53-54(41-21-9-3-10-22-41,42-23-11-4-12-24-42)43-25-15-20-40(34-43)45-33-32-44(46-26-13-14-27-47(45)46)36-28-30-38(31-29-36)49-35-48(37-16-5-1-6-17-37)51-50(52-49)39-18-7-2-8-19-39/h1-35H. The molecule has 8 aromatic carbocycles. The van der Waals surface area contributed by atoms with Gasteiger partial charge in [0.25, 0.3) is 0 Å². The van der Waals surface area contributed by atoms with Gasteiger partial charge in [-0.25, -0.2) is 9.97 Å². The number of hydrogen-bond acceptors (Lipinski definition) is 3. The van der Waals surface area contributed by atoms with Gasteiger partial charge in [-0.1, -0.05) is 200 Å². The summed E-state index contributed by atoms with van der Waals surface area (Å²) in [6.07, 6.45) is 0. The highest BCUT2D eigenvalue weighted by atomic mass is 31.2. The second-order valence-electron chi connectivity index (χ2n) is 13.3. The lowest BCUT2D eigenvalue weighted by Crippen LogP contribution is -2.25. The third-order valence-corrected chi connectivity index (χ3v) is 13.1. The van der Waals surface area contributed by atoms with Crippen LogP contribution in [0.1, 0.15) is 0 Å². The summed E-state index contributed by atoms with van der Waals surface area (Å²) in [5.41, 5.74) is 9.21. The van der Waals surface area contributed by atoms with Crippen molar-refractivity contribution >= 4 is 33.8 Å². The molecule has 3 nitrogen and oxygen atoms in total. The van der Waals surface area contributed by atoms with Crippen LogP contribution in [0, 0.1) is 0 Å². The summed E-state index contributed by atoms with van der Waals surface area (Å²) in [4.78, 5) is 9.98. The van der Waals surface area contributed by atoms with Gasteiger partial charge in [0.15, 0.2) is 13.0 Å². The molecule has 1 aromatic heterocycles. The van der Waals surface area contributed by atoms with Crippen molar-refractivity contribution in [1.82, 2.24) is 9.97 Å². The van der Waals surface area contributed by atoms with Gasteiger partial charge in [0, 0.05) is 32.6 Å². The molecule has 0 N–H and O–H groups in total. The molecule has 9 aromatic rings. The highest BCUT2D eigenvalue weighted by Crippen LogP contribution is 2.44. The van der Waals surface area contributed by atoms with Crippen molar-refractivity contribution in [3.05, 3.63) is 212 Å². The van der Waals surface area contributed by atoms with Gasteiger partial charge in [-0.3, -0.25) is 0 Å². The molecule has 0 fully saturated rings. The third kappa shape index (κ3) is 6.26. The molecule has 4 heteroatoms. The van der Waals surface area contributed by atoms with E-state index in [4.69, 9.17) is 9.97 Å². The highest BCUT2D eigenvalue weighted by Gasteiger charge is 2.30. The first kappa shape index (κ1) is 33.2. The number of hydrogen-bond donors (Lipinski definition) is 0. The van der Waals surface area contributed by atoms with Crippen molar-refractivity contribution < 1.29 is 4.57 Å². The van der Waals surface area contributed by atoms with E-state index < -0.39 is 7.14 Å². The molecule has 0 aliphatic heterocycles. The lowest BCUT2D eigenvalue weighted by Gasteiger charge is -2.21. The maximum atomic E-state index is 15.2. The first-order chi connectivity index (χ1) is 26.6. The Kier molecular flexibility index (Phi) is 8.84. The Balaban J connectivity index is 1.10. The van der Waals surface area contributed by atoms with Crippen molar-refractivity contribution in [1.29, 1.82) is 0 Å². The average molecular weight is 711 g/mol. The fourth-order valence-corrected chi connectivity index (χ4v) is 9.98. The highest BCUT2D eigenvalue weighted by molar-refractivity contribution is 7.85. The Labute approximate surface area is 315 Å². The van der Waals surface area contributed by atoms with E-state index in [0.29, 0.717) is 5.82 Å². The van der Waals surface area contributed by atoms with E-state index in [1.807, 2.05) is 121 Å². The Morgan fingerprint density at radius 2 is 0.722 bits per heavy atom. The van der Waals surface area contributed by atoms with Gasteiger partial charge in [-0.15, -0.1) is 0 Å². The van der Waals surface area contributed by atoms with Crippen LogP contribution >= 0.6 is 7.14 Å². The molecule has 0 bridgehead atoms. The first-order valence-electron chi connectivity index (χ1n) is 18.1. The molecule has 0 spiro atoms. The van der Waals surface area contributed by atoms with Crippen LogP contribution in [0.2, 0.25) is 0 Å². The summed E-state index contributed by atoms with van der Waals surface area (Å²) in [6.45, 7) is 0. The van der Waals surface area contributed by atoms with E-state index in [-0.39, 0.29) is 0 Å². The number of benzene rings is 8. The van der Waals surface area contributed by atoms with Gasteiger partial charge in [0.1, 0.15) is 0 Å². The molecule has 0 amide bonds. The van der Waals surface area contributed by atoms with Crippen LogP contribution in [0.5, 0.6) is 0 Å². The molecule has 0 aliphatic carbocycles. The van der Waals surface area contributed by atoms with Gasteiger partial charge in [0.2, 0.25) is 0 Å². The maximum Gasteiger partial charge on any atom is 0.171 e. The van der Waals surface area contributed by atoms with Crippen LogP contribution < -0.4 is 15.9 Å². The molecule has 0 saturated heterocycles. The quantitative estimate of drug-likeness (QED) is 0.147. The summed E-state index contributed by atoms with van der Waals surface area (Å²) in [7, 11) is -3.12. The molecule has 0 saturated carbocycles. The Hall–Kier alpha value is -6.67. The van der Waals surface area contributed by atoms with Gasteiger partial charge in [0.05, 0.1) is 11.4 Å². The Morgan fingerprint density at radius 1 is 0.315 bits per heavy atom. The smallest absolute Gasteiger partial charge is 0.171 e. The predicted octanol–water partition coefficient (Wildman–Crippen LogP) is 11.6. The van der Waals surface area contributed by atoms with Crippen molar-refractivity contribution in [2.45, 2.75) is 0 Å². The summed E-state index contributed by atoms with van der Waals surface area (Å²) < 4.78 is 15.2.